The molecule has 0 aromatic carbocycles. The summed E-state index contributed by atoms with van der Waals surface area (Å²) in [6.07, 6.45) is 2.31. The number of pyridine rings is 1. The second-order valence-electron chi connectivity index (χ2n) is 7.63. The van der Waals surface area contributed by atoms with Gasteiger partial charge in [0.25, 0.3) is 5.91 Å². The molecule has 7 heteroatoms. The summed E-state index contributed by atoms with van der Waals surface area (Å²) < 4.78 is 10.9. The van der Waals surface area contributed by atoms with Crippen LogP contribution in [-0.2, 0) is 20.9 Å². The Balaban J connectivity index is 2.66. The van der Waals surface area contributed by atoms with Gasteiger partial charge in [0.2, 0.25) is 6.23 Å². The van der Waals surface area contributed by atoms with E-state index in [2.05, 4.69) is 24.1 Å². The van der Waals surface area contributed by atoms with E-state index in [4.69, 9.17) is 9.47 Å². The monoisotopic (exact) mass is 365 g/mol. The van der Waals surface area contributed by atoms with E-state index in [0.717, 1.165) is 12.0 Å². The van der Waals surface area contributed by atoms with Crippen LogP contribution in [0.1, 0.15) is 46.6 Å². The molecule has 146 valence electrons. The fraction of sp³-hybridized carbons (Fsp3) is 0.632. The number of likely N-dealkylation sites (N-methyl/N-ethyl adjacent to an activating group) is 1. The number of aromatic nitrogens is 1. The SMILES string of the molecule is CC(C)CCN(C)C(=O)[C@@H](NC(=O)OCc1ccncc1)OC(C)(C)C. The lowest BCUT2D eigenvalue weighted by molar-refractivity contribution is -0.155. The molecular weight excluding hydrogens is 334 g/mol. The molecule has 1 aromatic heterocycles. The first kappa shape index (κ1) is 21.9. The molecule has 7 nitrogen and oxygen atoms in total. The van der Waals surface area contributed by atoms with Crippen LogP contribution in [0, 0.1) is 5.92 Å². The van der Waals surface area contributed by atoms with Crippen LogP contribution < -0.4 is 5.32 Å². The lowest BCUT2D eigenvalue weighted by Gasteiger charge is -2.30. The van der Waals surface area contributed by atoms with Crippen LogP contribution in [0.3, 0.4) is 0 Å². The van der Waals surface area contributed by atoms with E-state index in [9.17, 15) is 9.59 Å². The summed E-state index contributed by atoms with van der Waals surface area (Å²) >= 11 is 0. The van der Waals surface area contributed by atoms with Crippen molar-refractivity contribution in [1.29, 1.82) is 0 Å². The van der Waals surface area contributed by atoms with Gasteiger partial charge in [-0.15, -0.1) is 0 Å². The molecule has 0 radical (unpaired) electrons. The molecule has 0 spiro atoms. The van der Waals surface area contributed by atoms with Gasteiger partial charge < -0.3 is 14.4 Å². The number of alkyl carbamates (subject to hydrolysis) is 1. The van der Waals surface area contributed by atoms with Crippen LogP contribution in [0.25, 0.3) is 0 Å². The number of nitrogens with one attached hydrogen (secondary N) is 1. The molecule has 0 aliphatic carbocycles. The van der Waals surface area contributed by atoms with Gasteiger partial charge in [0.05, 0.1) is 5.60 Å². The number of carbonyl (C=O) groups is 2. The van der Waals surface area contributed by atoms with Gasteiger partial charge in [0.15, 0.2) is 0 Å². The van der Waals surface area contributed by atoms with Crippen LogP contribution in [0.2, 0.25) is 0 Å². The minimum Gasteiger partial charge on any atom is -0.445 e. The van der Waals surface area contributed by atoms with Crippen LogP contribution in [0.4, 0.5) is 4.79 Å². The van der Waals surface area contributed by atoms with Gasteiger partial charge in [-0.05, 0) is 50.8 Å². The third-order valence-electron chi connectivity index (χ3n) is 3.48. The topological polar surface area (TPSA) is 80.8 Å². The van der Waals surface area contributed by atoms with Crippen molar-refractivity contribution < 1.29 is 19.1 Å². The van der Waals surface area contributed by atoms with Crippen LogP contribution in [-0.4, -0.2) is 47.3 Å². The molecule has 0 bridgehead atoms. The zero-order valence-electron chi connectivity index (χ0n) is 16.6. The lowest BCUT2D eigenvalue weighted by Crippen LogP contribution is -2.51. The number of ether oxygens (including phenoxy) is 2. The maximum atomic E-state index is 12.7. The van der Waals surface area contributed by atoms with E-state index < -0.39 is 17.9 Å². The molecule has 0 aliphatic rings. The molecule has 0 fully saturated rings. The standard InChI is InChI=1S/C19H31N3O4/c1-14(2)9-12-22(6)17(23)16(26-19(3,4)5)21-18(24)25-13-15-7-10-20-11-8-15/h7-8,10-11,14,16H,9,12-13H2,1-6H3,(H,21,24)/t16-/m0/s1. The Kier molecular flexibility index (Phi) is 8.51. The summed E-state index contributed by atoms with van der Waals surface area (Å²) in [7, 11) is 1.70. The summed E-state index contributed by atoms with van der Waals surface area (Å²) in [6.45, 7) is 10.3. The van der Waals surface area contributed by atoms with Gasteiger partial charge in [-0.3, -0.25) is 15.1 Å². The maximum Gasteiger partial charge on any atom is 0.409 e. The molecule has 26 heavy (non-hydrogen) atoms. The van der Waals surface area contributed by atoms with E-state index in [0.29, 0.717) is 12.5 Å². The molecule has 1 N–H and O–H groups in total. The van der Waals surface area contributed by atoms with Gasteiger partial charge in [-0.1, -0.05) is 13.8 Å². The highest BCUT2D eigenvalue weighted by atomic mass is 16.6. The minimum atomic E-state index is -1.10. The molecule has 0 saturated heterocycles. The first-order valence-corrected chi connectivity index (χ1v) is 8.83. The van der Waals surface area contributed by atoms with Crippen LogP contribution in [0.15, 0.2) is 24.5 Å². The zero-order chi connectivity index (χ0) is 19.7. The molecule has 0 saturated carbocycles. The Bertz CT molecular complexity index is 570. The van der Waals surface area contributed by atoms with E-state index in [1.807, 2.05) is 20.8 Å². The summed E-state index contributed by atoms with van der Waals surface area (Å²) in [4.78, 5) is 30.2. The highest BCUT2D eigenvalue weighted by molar-refractivity contribution is 5.84. The smallest absolute Gasteiger partial charge is 0.409 e. The number of amides is 2. The number of nitrogens with zero attached hydrogens (tertiary/aromatic N) is 2. The van der Waals surface area contributed by atoms with Crippen molar-refractivity contribution in [3.63, 3.8) is 0 Å². The third kappa shape index (κ3) is 8.80. The summed E-state index contributed by atoms with van der Waals surface area (Å²) in [5, 5.41) is 2.52. The Morgan fingerprint density at radius 1 is 1.23 bits per heavy atom. The van der Waals surface area contributed by atoms with Gasteiger partial charge >= 0.3 is 6.09 Å². The van der Waals surface area contributed by atoms with E-state index in [-0.39, 0.29) is 12.5 Å². The van der Waals surface area contributed by atoms with Gasteiger partial charge in [0.1, 0.15) is 6.61 Å². The highest BCUT2D eigenvalue weighted by Crippen LogP contribution is 2.12. The van der Waals surface area contributed by atoms with Crippen LogP contribution in [0.5, 0.6) is 0 Å². The number of hydrogen-bond donors (Lipinski definition) is 1. The Labute approximate surface area is 156 Å². The fourth-order valence-electron chi connectivity index (χ4n) is 2.03. The summed E-state index contributed by atoms with van der Waals surface area (Å²) in [5.41, 5.74) is 0.209. The van der Waals surface area contributed by atoms with E-state index in [1.165, 1.54) is 0 Å². The molecule has 1 rings (SSSR count). The van der Waals surface area contributed by atoms with Crippen molar-refractivity contribution in [3.05, 3.63) is 30.1 Å². The summed E-state index contributed by atoms with van der Waals surface area (Å²) in [5.74, 6) is 0.173. The molecular formula is C19H31N3O4. The molecule has 1 atom stereocenters. The van der Waals surface area contributed by atoms with Crippen molar-refractivity contribution >= 4 is 12.0 Å². The predicted molar refractivity (Wildman–Crippen MR) is 99.3 cm³/mol. The first-order valence-electron chi connectivity index (χ1n) is 8.83. The minimum absolute atomic E-state index is 0.0912. The van der Waals surface area contributed by atoms with E-state index in [1.54, 1.807) is 36.5 Å². The van der Waals surface area contributed by atoms with Crippen molar-refractivity contribution in [2.75, 3.05) is 13.6 Å². The van der Waals surface area contributed by atoms with Gasteiger partial charge in [0, 0.05) is 26.0 Å². The lowest BCUT2D eigenvalue weighted by atomic mass is 10.1. The largest absolute Gasteiger partial charge is 0.445 e. The second kappa shape index (κ2) is 10.1. The normalized spacial score (nSPS) is 12.6. The Hall–Kier alpha value is -2.15. The van der Waals surface area contributed by atoms with Crippen molar-refractivity contribution in [3.8, 4) is 0 Å². The van der Waals surface area contributed by atoms with Crippen molar-refractivity contribution in [2.45, 2.75) is 59.5 Å². The number of carbonyl (C=O) groups excluding carboxylic acids is 2. The molecule has 0 aliphatic heterocycles. The Morgan fingerprint density at radius 3 is 2.38 bits per heavy atom. The molecule has 1 heterocycles. The predicted octanol–water partition coefficient (Wildman–Crippen LogP) is 2.95. The van der Waals surface area contributed by atoms with Crippen LogP contribution >= 0.6 is 0 Å². The highest BCUT2D eigenvalue weighted by Gasteiger charge is 2.29. The van der Waals surface area contributed by atoms with Crippen molar-refractivity contribution in [1.82, 2.24) is 15.2 Å². The quantitative estimate of drug-likeness (QED) is 0.717. The summed E-state index contributed by atoms with van der Waals surface area (Å²) in [6, 6.07) is 3.50. The number of rotatable bonds is 8. The Morgan fingerprint density at radius 2 is 1.85 bits per heavy atom. The maximum absolute atomic E-state index is 12.7. The van der Waals surface area contributed by atoms with Crippen molar-refractivity contribution in [2.24, 2.45) is 5.92 Å². The van der Waals surface area contributed by atoms with Gasteiger partial charge in [-0.25, -0.2) is 4.79 Å². The zero-order valence-corrected chi connectivity index (χ0v) is 16.6. The van der Waals surface area contributed by atoms with E-state index >= 15 is 0 Å². The first-order chi connectivity index (χ1) is 12.1. The third-order valence-corrected chi connectivity index (χ3v) is 3.48. The fourth-order valence-corrected chi connectivity index (χ4v) is 2.03. The van der Waals surface area contributed by atoms with Gasteiger partial charge in [-0.2, -0.15) is 0 Å². The average molecular weight is 365 g/mol. The average Bonchev–Trinajstić information content (AvgIpc) is 2.56. The second-order valence-corrected chi connectivity index (χ2v) is 7.63. The molecule has 1 aromatic rings. The molecule has 2 amide bonds. The number of hydrogen-bond acceptors (Lipinski definition) is 5. The molecule has 0 unspecified atom stereocenters.